The highest BCUT2D eigenvalue weighted by atomic mass is 79.9. The maximum atomic E-state index is 11.6. The number of halogens is 1. The molecule has 94 valence electrons. The van der Waals surface area contributed by atoms with Crippen molar-refractivity contribution in [2.75, 3.05) is 26.7 Å². The van der Waals surface area contributed by atoms with Gasteiger partial charge in [-0.15, -0.1) is 0 Å². The highest BCUT2D eigenvalue weighted by Crippen LogP contribution is 2.18. The number of nitrogens with zero attached hydrogens (tertiary/aromatic N) is 2. The fourth-order valence-electron chi connectivity index (χ4n) is 1.85. The number of unbranched alkanes of at least 4 members (excludes halogenated alkanes) is 1. The van der Waals surface area contributed by atoms with Crippen LogP contribution in [0.2, 0.25) is 0 Å². The Balaban J connectivity index is 2.10. The van der Waals surface area contributed by atoms with Gasteiger partial charge < -0.3 is 9.80 Å². The Morgan fingerprint density at radius 1 is 1.50 bits per heavy atom. The van der Waals surface area contributed by atoms with Crippen LogP contribution in [-0.4, -0.2) is 53.3 Å². The maximum Gasteiger partial charge on any atom is 0.236 e. The number of carbonyl (C=O) groups is 1. The van der Waals surface area contributed by atoms with Gasteiger partial charge in [-0.1, -0.05) is 15.9 Å². The third-order valence-electron chi connectivity index (χ3n) is 3.30. The standard InChI is InChI=1S/C12H23BrN2O/c1-10(2)14(3)7-4-5-8-15-9-6-11(13)12(15)16/h10-11H,4-9H2,1-3H3. The minimum absolute atomic E-state index is 0.0748. The normalized spacial score (nSPS) is 21.5. The van der Waals surface area contributed by atoms with Crippen molar-refractivity contribution in [3.8, 4) is 0 Å². The molecule has 0 spiro atoms. The summed E-state index contributed by atoms with van der Waals surface area (Å²) in [5.74, 6) is 0.275. The van der Waals surface area contributed by atoms with Crippen LogP contribution in [0.25, 0.3) is 0 Å². The fourth-order valence-corrected chi connectivity index (χ4v) is 2.34. The van der Waals surface area contributed by atoms with Crippen molar-refractivity contribution >= 4 is 21.8 Å². The summed E-state index contributed by atoms with van der Waals surface area (Å²) in [5, 5.41) is 0. The zero-order valence-corrected chi connectivity index (χ0v) is 12.2. The number of likely N-dealkylation sites (tertiary alicyclic amines) is 1. The summed E-state index contributed by atoms with van der Waals surface area (Å²) in [5.41, 5.74) is 0. The first-order chi connectivity index (χ1) is 7.52. The summed E-state index contributed by atoms with van der Waals surface area (Å²) in [6.07, 6.45) is 3.25. The van der Waals surface area contributed by atoms with Gasteiger partial charge in [0.25, 0.3) is 0 Å². The van der Waals surface area contributed by atoms with E-state index in [1.165, 1.54) is 6.42 Å². The molecule has 1 aliphatic heterocycles. The lowest BCUT2D eigenvalue weighted by atomic mass is 10.2. The quantitative estimate of drug-likeness (QED) is 0.553. The van der Waals surface area contributed by atoms with Crippen LogP contribution in [-0.2, 0) is 4.79 Å². The molecule has 0 N–H and O–H groups in total. The van der Waals surface area contributed by atoms with E-state index < -0.39 is 0 Å². The van der Waals surface area contributed by atoms with Crippen molar-refractivity contribution in [1.29, 1.82) is 0 Å². The smallest absolute Gasteiger partial charge is 0.236 e. The maximum absolute atomic E-state index is 11.6. The van der Waals surface area contributed by atoms with Gasteiger partial charge in [-0.3, -0.25) is 4.79 Å². The van der Waals surface area contributed by atoms with Gasteiger partial charge in [0, 0.05) is 19.1 Å². The van der Waals surface area contributed by atoms with E-state index in [2.05, 4.69) is 41.7 Å². The highest BCUT2D eigenvalue weighted by Gasteiger charge is 2.28. The Morgan fingerprint density at radius 3 is 2.69 bits per heavy atom. The zero-order chi connectivity index (χ0) is 12.1. The minimum Gasteiger partial charge on any atom is -0.342 e. The fraction of sp³-hybridized carbons (Fsp3) is 0.917. The first-order valence-corrected chi connectivity index (χ1v) is 7.07. The van der Waals surface area contributed by atoms with E-state index >= 15 is 0 Å². The Bertz CT molecular complexity index is 233. The van der Waals surface area contributed by atoms with Crippen LogP contribution < -0.4 is 0 Å². The van der Waals surface area contributed by atoms with E-state index in [0.717, 1.165) is 32.5 Å². The lowest BCUT2D eigenvalue weighted by molar-refractivity contribution is -0.127. The van der Waals surface area contributed by atoms with Gasteiger partial charge in [0.1, 0.15) is 0 Å². The van der Waals surface area contributed by atoms with Crippen molar-refractivity contribution < 1.29 is 4.79 Å². The molecule has 4 heteroatoms. The molecular weight excluding hydrogens is 268 g/mol. The molecule has 1 amide bonds. The lowest BCUT2D eigenvalue weighted by Gasteiger charge is -2.21. The first kappa shape index (κ1) is 14.0. The molecule has 1 rings (SSSR count). The molecule has 0 aromatic rings. The summed E-state index contributed by atoms with van der Waals surface area (Å²) in [4.78, 5) is 16.0. The van der Waals surface area contributed by atoms with Crippen LogP contribution >= 0.6 is 15.9 Å². The summed E-state index contributed by atoms with van der Waals surface area (Å²) in [6, 6.07) is 0.611. The van der Waals surface area contributed by atoms with Gasteiger partial charge in [-0.05, 0) is 46.7 Å². The molecule has 0 aliphatic carbocycles. The van der Waals surface area contributed by atoms with Crippen LogP contribution in [0, 0.1) is 0 Å². The lowest BCUT2D eigenvalue weighted by Crippen LogP contribution is -2.30. The second-order valence-electron chi connectivity index (χ2n) is 4.86. The first-order valence-electron chi connectivity index (χ1n) is 6.15. The molecule has 1 saturated heterocycles. The molecule has 1 heterocycles. The minimum atomic E-state index is 0.0748. The Hall–Kier alpha value is -0.0900. The van der Waals surface area contributed by atoms with Gasteiger partial charge in [-0.25, -0.2) is 0 Å². The Labute approximate surface area is 107 Å². The molecular formula is C12H23BrN2O. The molecule has 1 fully saturated rings. The SMILES string of the molecule is CC(C)N(C)CCCCN1CCC(Br)C1=O. The molecule has 0 aromatic carbocycles. The van der Waals surface area contributed by atoms with Crippen LogP contribution in [0.4, 0.5) is 0 Å². The summed E-state index contributed by atoms with van der Waals surface area (Å²) in [7, 11) is 2.15. The Kier molecular flexibility index (Phi) is 5.76. The van der Waals surface area contributed by atoms with E-state index in [9.17, 15) is 4.79 Å². The van der Waals surface area contributed by atoms with Gasteiger partial charge in [0.15, 0.2) is 0 Å². The summed E-state index contributed by atoms with van der Waals surface area (Å²) in [6.45, 7) is 7.39. The Morgan fingerprint density at radius 2 is 2.19 bits per heavy atom. The molecule has 0 radical (unpaired) electrons. The third-order valence-corrected chi connectivity index (χ3v) is 4.15. The summed E-state index contributed by atoms with van der Waals surface area (Å²) < 4.78 is 0. The molecule has 0 saturated carbocycles. The zero-order valence-electron chi connectivity index (χ0n) is 10.6. The van der Waals surface area contributed by atoms with Crippen molar-refractivity contribution in [1.82, 2.24) is 9.80 Å². The molecule has 1 unspecified atom stereocenters. The number of hydrogen-bond donors (Lipinski definition) is 0. The third kappa shape index (κ3) is 4.06. The van der Waals surface area contributed by atoms with Crippen LogP contribution in [0.1, 0.15) is 33.1 Å². The molecule has 16 heavy (non-hydrogen) atoms. The van der Waals surface area contributed by atoms with Crippen molar-refractivity contribution in [3.63, 3.8) is 0 Å². The van der Waals surface area contributed by atoms with Gasteiger partial charge in [0.05, 0.1) is 4.83 Å². The average Bonchev–Trinajstić information content (AvgIpc) is 2.55. The topological polar surface area (TPSA) is 23.6 Å². The number of hydrogen-bond acceptors (Lipinski definition) is 2. The van der Waals surface area contributed by atoms with Gasteiger partial charge in [-0.2, -0.15) is 0 Å². The van der Waals surface area contributed by atoms with Crippen LogP contribution in [0.3, 0.4) is 0 Å². The molecule has 1 atom stereocenters. The van der Waals surface area contributed by atoms with Crippen molar-refractivity contribution in [2.45, 2.75) is 44.0 Å². The van der Waals surface area contributed by atoms with Crippen molar-refractivity contribution in [2.24, 2.45) is 0 Å². The molecule has 3 nitrogen and oxygen atoms in total. The molecule has 1 aliphatic rings. The second-order valence-corrected chi connectivity index (χ2v) is 5.97. The summed E-state index contributed by atoms with van der Waals surface area (Å²) >= 11 is 3.40. The molecule has 0 bridgehead atoms. The average molecular weight is 291 g/mol. The highest BCUT2D eigenvalue weighted by molar-refractivity contribution is 9.10. The van der Waals surface area contributed by atoms with E-state index in [0.29, 0.717) is 6.04 Å². The second kappa shape index (κ2) is 6.60. The number of alkyl halides is 1. The van der Waals surface area contributed by atoms with E-state index in [4.69, 9.17) is 0 Å². The monoisotopic (exact) mass is 290 g/mol. The van der Waals surface area contributed by atoms with E-state index in [1.807, 2.05) is 4.90 Å². The van der Waals surface area contributed by atoms with E-state index in [1.54, 1.807) is 0 Å². The number of amides is 1. The van der Waals surface area contributed by atoms with Gasteiger partial charge >= 0.3 is 0 Å². The number of rotatable bonds is 6. The largest absolute Gasteiger partial charge is 0.342 e. The van der Waals surface area contributed by atoms with Crippen molar-refractivity contribution in [3.05, 3.63) is 0 Å². The molecule has 0 aromatic heterocycles. The number of carbonyl (C=O) groups excluding carboxylic acids is 1. The van der Waals surface area contributed by atoms with Gasteiger partial charge in [0.2, 0.25) is 5.91 Å². The van der Waals surface area contributed by atoms with E-state index in [-0.39, 0.29) is 10.7 Å². The predicted octanol–water partition coefficient (Wildman–Crippen LogP) is 2.10. The van der Waals surface area contributed by atoms with Crippen LogP contribution in [0.15, 0.2) is 0 Å². The van der Waals surface area contributed by atoms with Crippen LogP contribution in [0.5, 0.6) is 0 Å². The predicted molar refractivity (Wildman–Crippen MR) is 70.9 cm³/mol.